The average Bonchev–Trinajstić information content (AvgIpc) is 3.20. The van der Waals surface area contributed by atoms with E-state index in [0.717, 1.165) is 31.6 Å². The number of nitrogens with zero attached hydrogens (tertiary/aromatic N) is 1. The van der Waals surface area contributed by atoms with E-state index in [1.165, 1.54) is 4.90 Å². The molecule has 2 saturated heterocycles. The van der Waals surface area contributed by atoms with Crippen LogP contribution in [0.15, 0.2) is 24.3 Å². The van der Waals surface area contributed by atoms with Crippen molar-refractivity contribution in [1.29, 1.82) is 0 Å². The van der Waals surface area contributed by atoms with Gasteiger partial charge < -0.3 is 14.8 Å². The van der Waals surface area contributed by atoms with Crippen molar-refractivity contribution >= 4 is 17.5 Å². The lowest BCUT2D eigenvalue weighted by molar-refractivity contribution is -0.121. The van der Waals surface area contributed by atoms with Crippen LogP contribution < -0.4 is 15.0 Å². The molecule has 6 heteroatoms. The van der Waals surface area contributed by atoms with Crippen molar-refractivity contribution < 1.29 is 19.1 Å². The Hall–Kier alpha value is -1.92. The molecule has 0 spiro atoms. The smallest absolute Gasteiger partial charge is 0.251 e. The number of anilines is 1. The van der Waals surface area contributed by atoms with E-state index >= 15 is 0 Å². The first kappa shape index (κ1) is 16.9. The molecule has 2 aliphatic rings. The fourth-order valence-electron chi connectivity index (χ4n) is 3.05. The van der Waals surface area contributed by atoms with E-state index in [9.17, 15) is 9.59 Å². The number of hydrogen-bond donors (Lipinski definition) is 1. The van der Waals surface area contributed by atoms with Gasteiger partial charge in [-0.05, 0) is 43.5 Å². The molecule has 2 unspecified atom stereocenters. The molecular weight excluding hydrogens is 308 g/mol. The maximum atomic E-state index is 12.5. The van der Waals surface area contributed by atoms with Crippen molar-refractivity contribution in [3.8, 4) is 5.75 Å². The third-order valence-corrected chi connectivity index (χ3v) is 4.33. The quantitative estimate of drug-likeness (QED) is 0.772. The van der Waals surface area contributed by atoms with Crippen LogP contribution in [0.2, 0.25) is 0 Å². The summed E-state index contributed by atoms with van der Waals surface area (Å²) in [6.45, 7) is 4.08. The summed E-state index contributed by atoms with van der Waals surface area (Å²) in [7, 11) is 0. The van der Waals surface area contributed by atoms with E-state index in [2.05, 4.69) is 5.32 Å². The van der Waals surface area contributed by atoms with Gasteiger partial charge in [-0.2, -0.15) is 0 Å². The fraction of sp³-hybridized carbons (Fsp3) is 0.556. The molecule has 0 bridgehead atoms. The molecule has 1 aromatic rings. The van der Waals surface area contributed by atoms with Crippen molar-refractivity contribution in [2.45, 2.75) is 44.8 Å². The molecule has 1 aromatic carbocycles. The van der Waals surface area contributed by atoms with E-state index < -0.39 is 6.04 Å². The van der Waals surface area contributed by atoms with Crippen LogP contribution >= 0.6 is 0 Å². The first-order valence-electron chi connectivity index (χ1n) is 8.63. The molecule has 0 aromatic heterocycles. The van der Waals surface area contributed by atoms with E-state index in [1.807, 2.05) is 6.92 Å². The molecule has 2 atom stereocenters. The van der Waals surface area contributed by atoms with Gasteiger partial charge in [0.15, 0.2) is 0 Å². The van der Waals surface area contributed by atoms with Gasteiger partial charge in [0.25, 0.3) is 5.91 Å². The Bertz CT molecular complexity index is 581. The van der Waals surface area contributed by atoms with Gasteiger partial charge in [0.2, 0.25) is 5.91 Å². The summed E-state index contributed by atoms with van der Waals surface area (Å²) in [6, 6.07) is 6.63. The summed E-state index contributed by atoms with van der Waals surface area (Å²) in [4.78, 5) is 26.1. The number of imide groups is 1. The Morgan fingerprint density at radius 1 is 1.29 bits per heavy atom. The summed E-state index contributed by atoms with van der Waals surface area (Å²) in [5.74, 6) is 0.375. The Balaban J connectivity index is 1.60. The van der Waals surface area contributed by atoms with Crippen LogP contribution in [-0.2, 0) is 14.3 Å². The highest BCUT2D eigenvalue weighted by Crippen LogP contribution is 2.25. The lowest BCUT2D eigenvalue weighted by atomic mass is 10.2. The van der Waals surface area contributed by atoms with Gasteiger partial charge in [-0.25, -0.2) is 4.90 Å². The molecule has 0 saturated carbocycles. The molecule has 24 heavy (non-hydrogen) atoms. The van der Waals surface area contributed by atoms with Gasteiger partial charge in [0, 0.05) is 13.2 Å². The Morgan fingerprint density at radius 2 is 2.08 bits per heavy atom. The maximum absolute atomic E-state index is 12.5. The van der Waals surface area contributed by atoms with Crippen LogP contribution in [0.25, 0.3) is 0 Å². The van der Waals surface area contributed by atoms with Crippen molar-refractivity contribution in [1.82, 2.24) is 5.32 Å². The van der Waals surface area contributed by atoms with Gasteiger partial charge >= 0.3 is 0 Å². The Labute approximate surface area is 142 Å². The minimum Gasteiger partial charge on any atom is -0.494 e. The molecule has 2 fully saturated rings. The first-order chi connectivity index (χ1) is 11.7. The second-order valence-corrected chi connectivity index (χ2v) is 6.21. The van der Waals surface area contributed by atoms with Gasteiger partial charge in [-0.15, -0.1) is 0 Å². The molecule has 0 radical (unpaired) electrons. The van der Waals surface area contributed by atoms with Gasteiger partial charge in [0.1, 0.15) is 5.75 Å². The molecule has 1 N–H and O–H groups in total. The molecule has 6 nitrogen and oxygen atoms in total. The number of nitrogens with one attached hydrogen (secondary N) is 1. The number of hydrogen-bond acceptors (Lipinski definition) is 5. The zero-order chi connectivity index (χ0) is 16.9. The molecule has 130 valence electrons. The summed E-state index contributed by atoms with van der Waals surface area (Å²) < 4.78 is 11.1. The normalized spacial score (nSPS) is 24.0. The highest BCUT2D eigenvalue weighted by Gasteiger charge is 2.39. The van der Waals surface area contributed by atoms with Gasteiger partial charge in [-0.3, -0.25) is 9.59 Å². The zero-order valence-electron chi connectivity index (χ0n) is 14.0. The summed E-state index contributed by atoms with van der Waals surface area (Å²) in [6.07, 6.45) is 3.34. The fourth-order valence-corrected chi connectivity index (χ4v) is 3.05. The molecular formula is C18H24N2O4. The number of ether oxygens (including phenoxy) is 2. The second-order valence-electron chi connectivity index (χ2n) is 6.21. The lowest BCUT2D eigenvalue weighted by Gasteiger charge is -2.17. The molecule has 2 heterocycles. The van der Waals surface area contributed by atoms with Gasteiger partial charge in [-0.1, -0.05) is 6.92 Å². The predicted molar refractivity (Wildman–Crippen MR) is 90.1 cm³/mol. The van der Waals surface area contributed by atoms with Crippen LogP contribution in [0.4, 0.5) is 5.69 Å². The summed E-state index contributed by atoms with van der Waals surface area (Å²) >= 11 is 0. The van der Waals surface area contributed by atoms with E-state index in [1.54, 1.807) is 24.3 Å². The molecule has 2 aliphatic heterocycles. The molecule has 3 rings (SSSR count). The maximum Gasteiger partial charge on any atom is 0.251 e. The highest BCUT2D eigenvalue weighted by atomic mass is 16.5. The average molecular weight is 332 g/mol. The standard InChI is InChI=1S/C18H24N2O4/c1-2-9-23-14-7-5-13(6-8-14)20-17(21)11-16(18(20)22)19-12-15-4-3-10-24-15/h5-8,15-16,19H,2-4,9-12H2,1H3. The number of benzene rings is 1. The third-order valence-electron chi connectivity index (χ3n) is 4.33. The van der Waals surface area contributed by atoms with Crippen molar-refractivity contribution in [2.75, 3.05) is 24.7 Å². The number of amides is 2. The lowest BCUT2D eigenvalue weighted by Crippen LogP contribution is -2.41. The van der Waals surface area contributed by atoms with E-state index in [-0.39, 0.29) is 24.3 Å². The van der Waals surface area contributed by atoms with Crippen LogP contribution in [0.3, 0.4) is 0 Å². The zero-order valence-corrected chi connectivity index (χ0v) is 14.0. The number of rotatable bonds is 7. The Morgan fingerprint density at radius 3 is 2.75 bits per heavy atom. The van der Waals surface area contributed by atoms with Crippen LogP contribution in [-0.4, -0.2) is 43.7 Å². The third kappa shape index (κ3) is 3.76. The van der Waals surface area contributed by atoms with Crippen molar-refractivity contribution in [3.05, 3.63) is 24.3 Å². The molecule has 0 aliphatic carbocycles. The SMILES string of the molecule is CCCOc1ccc(N2C(=O)CC(NCC3CCCO3)C2=O)cc1. The van der Waals surface area contributed by atoms with Crippen LogP contribution in [0, 0.1) is 0 Å². The van der Waals surface area contributed by atoms with Crippen LogP contribution in [0.5, 0.6) is 5.75 Å². The summed E-state index contributed by atoms with van der Waals surface area (Å²) in [5.41, 5.74) is 0.593. The summed E-state index contributed by atoms with van der Waals surface area (Å²) in [5, 5.41) is 3.18. The minimum absolute atomic E-state index is 0.150. The van der Waals surface area contributed by atoms with Crippen molar-refractivity contribution in [3.63, 3.8) is 0 Å². The van der Waals surface area contributed by atoms with Crippen LogP contribution in [0.1, 0.15) is 32.6 Å². The largest absolute Gasteiger partial charge is 0.494 e. The Kier molecular flexibility index (Phi) is 5.48. The second kappa shape index (κ2) is 7.77. The van der Waals surface area contributed by atoms with Crippen molar-refractivity contribution in [2.24, 2.45) is 0 Å². The predicted octanol–water partition coefficient (Wildman–Crippen LogP) is 1.88. The van der Waals surface area contributed by atoms with Gasteiger partial charge in [0.05, 0.1) is 30.9 Å². The first-order valence-corrected chi connectivity index (χ1v) is 8.63. The monoisotopic (exact) mass is 332 g/mol. The highest BCUT2D eigenvalue weighted by molar-refractivity contribution is 6.22. The topological polar surface area (TPSA) is 67.9 Å². The van der Waals surface area contributed by atoms with E-state index in [0.29, 0.717) is 18.8 Å². The minimum atomic E-state index is -0.460. The molecule has 2 amide bonds. The number of carbonyl (C=O) groups excluding carboxylic acids is 2. The van der Waals surface area contributed by atoms with E-state index in [4.69, 9.17) is 9.47 Å². The number of carbonyl (C=O) groups is 2.